The fraction of sp³-hybridized carbons (Fsp3) is 0.133. The second-order valence-electron chi connectivity index (χ2n) is 4.35. The largest absolute Gasteiger partial charge is 0.491 e. The van der Waals surface area contributed by atoms with Crippen LogP contribution in [0, 0.1) is 11.3 Å². The lowest BCUT2D eigenvalue weighted by Gasteiger charge is -2.13. The Morgan fingerprint density at radius 1 is 1.26 bits per heavy atom. The van der Waals surface area contributed by atoms with Crippen molar-refractivity contribution in [1.82, 2.24) is 0 Å². The number of hydrogen-bond acceptors (Lipinski definition) is 3. The number of nitrogens with one attached hydrogen (secondary N) is 1. The molecule has 1 aliphatic rings. The lowest BCUT2D eigenvalue weighted by Crippen LogP contribution is -2.11. The molecule has 0 amide bonds. The third kappa shape index (κ3) is 2.29. The number of nitrogens with zero attached hydrogens (tertiary/aromatic N) is 1. The van der Waals surface area contributed by atoms with E-state index in [0.29, 0.717) is 12.2 Å². The molecule has 0 aliphatic carbocycles. The van der Waals surface area contributed by atoms with Gasteiger partial charge in [0.25, 0.3) is 0 Å². The molecule has 1 aliphatic heterocycles. The topological polar surface area (TPSA) is 45.0 Å². The Hall–Kier alpha value is -1.99. The van der Waals surface area contributed by atoms with Gasteiger partial charge in [0.05, 0.1) is 11.6 Å². The van der Waals surface area contributed by atoms with Crippen molar-refractivity contribution in [1.29, 1.82) is 5.26 Å². The van der Waals surface area contributed by atoms with Crippen molar-refractivity contribution in [3.05, 3.63) is 58.1 Å². The first kappa shape index (κ1) is 12.1. The van der Waals surface area contributed by atoms with Crippen LogP contribution in [0.4, 0.5) is 5.69 Å². The second kappa shape index (κ2) is 4.94. The fourth-order valence-corrected chi connectivity index (χ4v) is 2.65. The number of rotatable bonds is 2. The molecule has 0 aromatic heterocycles. The Kier molecular flexibility index (Phi) is 3.14. The van der Waals surface area contributed by atoms with E-state index in [1.54, 1.807) is 6.07 Å². The number of halogens is 1. The Morgan fingerprint density at radius 2 is 2.11 bits per heavy atom. The van der Waals surface area contributed by atoms with Crippen LogP contribution in [0.15, 0.2) is 46.9 Å². The molecule has 2 aromatic rings. The van der Waals surface area contributed by atoms with Crippen LogP contribution in [0.1, 0.15) is 17.2 Å². The first-order valence-electron chi connectivity index (χ1n) is 5.96. The van der Waals surface area contributed by atoms with Gasteiger partial charge in [-0.2, -0.15) is 5.26 Å². The third-order valence-electron chi connectivity index (χ3n) is 3.13. The molecule has 1 heterocycles. The zero-order chi connectivity index (χ0) is 13.2. The van der Waals surface area contributed by atoms with Crippen LogP contribution in [-0.2, 0) is 0 Å². The molecule has 19 heavy (non-hydrogen) atoms. The van der Waals surface area contributed by atoms with Crippen LogP contribution in [0.3, 0.4) is 0 Å². The highest BCUT2D eigenvalue weighted by atomic mass is 79.9. The van der Waals surface area contributed by atoms with E-state index in [9.17, 15) is 0 Å². The zero-order valence-corrected chi connectivity index (χ0v) is 11.6. The molecule has 0 spiro atoms. The summed E-state index contributed by atoms with van der Waals surface area (Å²) in [5, 5.41) is 12.3. The summed E-state index contributed by atoms with van der Waals surface area (Å²) in [7, 11) is 0. The summed E-state index contributed by atoms with van der Waals surface area (Å²) < 4.78 is 6.43. The van der Waals surface area contributed by atoms with E-state index >= 15 is 0 Å². The monoisotopic (exact) mass is 314 g/mol. The van der Waals surface area contributed by atoms with Gasteiger partial charge in [-0.1, -0.05) is 18.2 Å². The number of para-hydroxylation sites is 1. The van der Waals surface area contributed by atoms with Crippen molar-refractivity contribution < 1.29 is 4.74 Å². The maximum Gasteiger partial charge on any atom is 0.124 e. The first-order valence-corrected chi connectivity index (χ1v) is 6.75. The normalized spacial score (nSPS) is 16.3. The molecule has 2 aromatic carbocycles. The van der Waals surface area contributed by atoms with E-state index in [0.717, 1.165) is 15.9 Å². The van der Waals surface area contributed by atoms with Gasteiger partial charge in [-0.25, -0.2) is 0 Å². The van der Waals surface area contributed by atoms with E-state index in [2.05, 4.69) is 33.4 Å². The molecule has 94 valence electrons. The van der Waals surface area contributed by atoms with Gasteiger partial charge in [-0.3, -0.25) is 0 Å². The van der Waals surface area contributed by atoms with Gasteiger partial charge in [0, 0.05) is 15.7 Å². The third-order valence-corrected chi connectivity index (χ3v) is 3.79. The average molecular weight is 315 g/mol. The molecule has 0 saturated heterocycles. The molecule has 1 N–H and O–H groups in total. The molecule has 1 atom stereocenters. The minimum atomic E-state index is 0.149. The summed E-state index contributed by atoms with van der Waals surface area (Å²) in [5.41, 5.74) is 2.77. The Balaban J connectivity index is 1.84. The molecule has 3 rings (SSSR count). The summed E-state index contributed by atoms with van der Waals surface area (Å²) in [5.74, 6) is 0.938. The summed E-state index contributed by atoms with van der Waals surface area (Å²) >= 11 is 3.39. The molecule has 0 bridgehead atoms. The van der Waals surface area contributed by atoms with E-state index in [1.165, 1.54) is 5.56 Å². The van der Waals surface area contributed by atoms with Gasteiger partial charge in [0.2, 0.25) is 0 Å². The quantitative estimate of drug-likeness (QED) is 0.915. The molecule has 3 nitrogen and oxygen atoms in total. The summed E-state index contributed by atoms with van der Waals surface area (Å²) in [4.78, 5) is 0. The number of fused-ring (bicyclic) bond motifs is 1. The van der Waals surface area contributed by atoms with Crippen molar-refractivity contribution in [3.63, 3.8) is 0 Å². The Labute approximate surface area is 120 Å². The zero-order valence-electron chi connectivity index (χ0n) is 10.1. The van der Waals surface area contributed by atoms with Crippen LogP contribution < -0.4 is 10.1 Å². The second-order valence-corrected chi connectivity index (χ2v) is 5.21. The van der Waals surface area contributed by atoms with Crippen molar-refractivity contribution in [3.8, 4) is 11.8 Å². The van der Waals surface area contributed by atoms with Crippen molar-refractivity contribution in [2.45, 2.75) is 6.04 Å². The molecule has 0 radical (unpaired) electrons. The lowest BCUT2D eigenvalue weighted by molar-refractivity contribution is 0.340. The van der Waals surface area contributed by atoms with Crippen LogP contribution in [0.25, 0.3) is 0 Å². The summed E-state index contributed by atoms with van der Waals surface area (Å²) in [6.45, 7) is 0.622. The molecule has 0 saturated carbocycles. The van der Waals surface area contributed by atoms with Gasteiger partial charge in [0.1, 0.15) is 18.4 Å². The van der Waals surface area contributed by atoms with Crippen molar-refractivity contribution in [2.75, 3.05) is 11.9 Å². The van der Waals surface area contributed by atoms with Gasteiger partial charge >= 0.3 is 0 Å². The van der Waals surface area contributed by atoms with E-state index < -0.39 is 0 Å². The first-order chi connectivity index (χ1) is 9.28. The number of hydrogen-bond donors (Lipinski definition) is 1. The minimum Gasteiger partial charge on any atom is -0.491 e. The van der Waals surface area contributed by atoms with Crippen LogP contribution >= 0.6 is 15.9 Å². The summed E-state index contributed by atoms with van der Waals surface area (Å²) in [6.07, 6.45) is 0. The van der Waals surface area contributed by atoms with Crippen LogP contribution in [0.5, 0.6) is 5.75 Å². The molecule has 4 heteroatoms. The van der Waals surface area contributed by atoms with Crippen LogP contribution in [0.2, 0.25) is 0 Å². The van der Waals surface area contributed by atoms with Gasteiger partial charge in [-0.15, -0.1) is 0 Å². The smallest absolute Gasteiger partial charge is 0.124 e. The SMILES string of the molecule is N#Cc1ccc(NC2COc3ccccc32)cc1Br. The highest BCUT2D eigenvalue weighted by Crippen LogP contribution is 2.34. The average Bonchev–Trinajstić information content (AvgIpc) is 2.83. The number of anilines is 1. The van der Waals surface area contributed by atoms with Crippen molar-refractivity contribution in [2.24, 2.45) is 0 Å². The molecular formula is C15H11BrN2O. The highest BCUT2D eigenvalue weighted by molar-refractivity contribution is 9.10. The maximum absolute atomic E-state index is 8.90. The molecule has 0 fully saturated rings. The number of nitriles is 1. The predicted molar refractivity (Wildman–Crippen MR) is 77.2 cm³/mol. The Bertz CT molecular complexity index is 663. The fourth-order valence-electron chi connectivity index (χ4n) is 2.18. The highest BCUT2D eigenvalue weighted by Gasteiger charge is 2.23. The standard InChI is InChI=1S/C15H11BrN2O/c16-13-7-11(6-5-10(13)8-17)18-14-9-19-15-4-2-1-3-12(14)15/h1-7,14,18H,9H2. The molecule has 1 unspecified atom stereocenters. The van der Waals surface area contributed by atoms with E-state index in [4.69, 9.17) is 10.00 Å². The van der Waals surface area contributed by atoms with Gasteiger partial charge < -0.3 is 10.1 Å². The van der Waals surface area contributed by atoms with E-state index in [1.807, 2.05) is 30.3 Å². The molecular weight excluding hydrogens is 304 g/mol. The minimum absolute atomic E-state index is 0.149. The maximum atomic E-state index is 8.90. The number of benzene rings is 2. The van der Waals surface area contributed by atoms with Crippen molar-refractivity contribution >= 4 is 21.6 Å². The van der Waals surface area contributed by atoms with E-state index in [-0.39, 0.29) is 6.04 Å². The predicted octanol–water partition coefficient (Wildman–Crippen LogP) is 3.87. The Morgan fingerprint density at radius 3 is 2.89 bits per heavy atom. The van der Waals surface area contributed by atoms with Crippen LogP contribution in [-0.4, -0.2) is 6.61 Å². The lowest BCUT2D eigenvalue weighted by atomic mass is 10.1. The van der Waals surface area contributed by atoms with Gasteiger partial charge in [0.15, 0.2) is 0 Å². The number of ether oxygens (including phenoxy) is 1. The van der Waals surface area contributed by atoms with Gasteiger partial charge in [-0.05, 0) is 40.2 Å². The summed E-state index contributed by atoms with van der Waals surface area (Å²) in [6, 6.07) is 15.9.